The fraction of sp³-hybridized carbons (Fsp3) is 0.615. The van der Waals surface area contributed by atoms with E-state index in [0.717, 1.165) is 37.9 Å². The molecule has 1 heterocycles. The summed E-state index contributed by atoms with van der Waals surface area (Å²) < 4.78 is 1.88. The Morgan fingerprint density at radius 3 is 2.74 bits per heavy atom. The molecule has 2 rings (SSSR count). The highest BCUT2D eigenvalue weighted by Gasteiger charge is 2.42. The van der Waals surface area contributed by atoms with Crippen LogP contribution in [0, 0.1) is 5.41 Å². The molecule has 1 amide bonds. The van der Waals surface area contributed by atoms with Crippen LogP contribution in [0.1, 0.15) is 37.9 Å². The van der Waals surface area contributed by atoms with Gasteiger partial charge in [-0.2, -0.15) is 0 Å². The SMILES string of the molecule is Cn1ccnc1CNC(=O)C1(C(N)=S)CCCCC1. The summed E-state index contributed by atoms with van der Waals surface area (Å²) in [5, 5.41) is 2.93. The number of rotatable bonds is 4. The van der Waals surface area contributed by atoms with Gasteiger partial charge in [-0.3, -0.25) is 4.79 Å². The molecule has 0 saturated heterocycles. The zero-order valence-electron chi connectivity index (χ0n) is 11.2. The van der Waals surface area contributed by atoms with E-state index in [1.165, 1.54) is 0 Å². The lowest BCUT2D eigenvalue weighted by atomic mass is 9.73. The predicted octanol–water partition coefficient (Wildman–Crippen LogP) is 1.27. The third-order valence-electron chi connectivity index (χ3n) is 3.94. The predicted molar refractivity (Wildman–Crippen MR) is 77.4 cm³/mol. The van der Waals surface area contributed by atoms with Crippen LogP contribution in [-0.2, 0) is 18.4 Å². The van der Waals surface area contributed by atoms with Crippen molar-refractivity contribution in [3.05, 3.63) is 18.2 Å². The third-order valence-corrected chi connectivity index (χ3v) is 4.33. The van der Waals surface area contributed by atoms with E-state index in [2.05, 4.69) is 10.3 Å². The van der Waals surface area contributed by atoms with E-state index >= 15 is 0 Å². The molecule has 3 N–H and O–H groups in total. The van der Waals surface area contributed by atoms with Gasteiger partial charge in [-0.15, -0.1) is 0 Å². The first-order valence-electron chi connectivity index (χ1n) is 6.61. The van der Waals surface area contributed by atoms with Gasteiger partial charge in [0.25, 0.3) is 0 Å². The minimum absolute atomic E-state index is 0.0531. The monoisotopic (exact) mass is 280 g/mol. The van der Waals surface area contributed by atoms with Crippen molar-refractivity contribution >= 4 is 23.1 Å². The second kappa shape index (κ2) is 5.69. The zero-order valence-corrected chi connectivity index (χ0v) is 12.0. The van der Waals surface area contributed by atoms with Crippen molar-refractivity contribution in [2.24, 2.45) is 18.2 Å². The molecule has 6 heteroatoms. The Morgan fingerprint density at radius 1 is 1.53 bits per heavy atom. The van der Waals surface area contributed by atoms with Gasteiger partial charge in [-0.1, -0.05) is 31.5 Å². The minimum Gasteiger partial charge on any atom is -0.392 e. The molecule has 1 aliphatic rings. The number of hydrogen-bond donors (Lipinski definition) is 2. The summed E-state index contributed by atoms with van der Waals surface area (Å²) in [6.07, 6.45) is 8.25. The van der Waals surface area contributed by atoms with Gasteiger partial charge in [0, 0.05) is 19.4 Å². The first-order chi connectivity index (χ1) is 9.06. The van der Waals surface area contributed by atoms with Gasteiger partial charge in [0.2, 0.25) is 5.91 Å². The lowest BCUT2D eigenvalue weighted by Crippen LogP contribution is -2.49. The van der Waals surface area contributed by atoms with Crippen molar-refractivity contribution < 1.29 is 4.79 Å². The molecular formula is C13H20N4OS. The number of carbonyl (C=O) groups is 1. The molecule has 1 fully saturated rings. The smallest absolute Gasteiger partial charge is 0.233 e. The molecule has 0 unspecified atom stereocenters. The highest BCUT2D eigenvalue weighted by Crippen LogP contribution is 2.36. The summed E-state index contributed by atoms with van der Waals surface area (Å²) in [6, 6.07) is 0. The maximum atomic E-state index is 12.5. The average Bonchev–Trinajstić information content (AvgIpc) is 2.82. The van der Waals surface area contributed by atoms with Crippen LogP contribution in [0.4, 0.5) is 0 Å². The molecule has 104 valence electrons. The molecule has 0 aromatic carbocycles. The van der Waals surface area contributed by atoms with Gasteiger partial charge < -0.3 is 15.6 Å². The van der Waals surface area contributed by atoms with E-state index in [1.54, 1.807) is 6.20 Å². The molecule has 0 aliphatic heterocycles. The highest BCUT2D eigenvalue weighted by atomic mass is 32.1. The highest BCUT2D eigenvalue weighted by molar-refractivity contribution is 7.80. The molecule has 0 radical (unpaired) electrons. The van der Waals surface area contributed by atoms with E-state index in [4.69, 9.17) is 18.0 Å². The molecule has 0 spiro atoms. The number of nitrogens with zero attached hydrogens (tertiary/aromatic N) is 2. The van der Waals surface area contributed by atoms with Crippen LogP contribution in [0.2, 0.25) is 0 Å². The van der Waals surface area contributed by atoms with Crippen LogP contribution in [0.5, 0.6) is 0 Å². The summed E-state index contributed by atoms with van der Waals surface area (Å²) in [5.41, 5.74) is 5.18. The molecular weight excluding hydrogens is 260 g/mol. The van der Waals surface area contributed by atoms with Crippen LogP contribution in [0.3, 0.4) is 0 Å². The summed E-state index contributed by atoms with van der Waals surface area (Å²) in [7, 11) is 1.90. The zero-order chi connectivity index (χ0) is 13.9. The van der Waals surface area contributed by atoms with Crippen molar-refractivity contribution in [1.82, 2.24) is 14.9 Å². The Kier molecular flexibility index (Phi) is 4.19. The Balaban J connectivity index is 2.04. The molecule has 0 bridgehead atoms. The van der Waals surface area contributed by atoms with Gasteiger partial charge in [-0.05, 0) is 12.8 Å². The Morgan fingerprint density at radius 2 is 2.21 bits per heavy atom. The second-order valence-corrected chi connectivity index (χ2v) is 5.58. The maximum absolute atomic E-state index is 12.5. The van der Waals surface area contributed by atoms with Crippen LogP contribution in [0.25, 0.3) is 0 Å². The molecule has 0 atom stereocenters. The number of aromatic nitrogens is 2. The number of thiocarbonyl (C=S) groups is 1. The first kappa shape index (κ1) is 14.0. The quantitative estimate of drug-likeness (QED) is 0.815. The standard InChI is InChI=1S/C13H20N4OS/c1-17-8-7-15-10(17)9-16-12(18)13(11(14)19)5-3-2-4-6-13/h7-8H,2-6,9H2,1H3,(H2,14,19)(H,16,18). The minimum atomic E-state index is -0.654. The van der Waals surface area contributed by atoms with Crippen LogP contribution < -0.4 is 11.1 Å². The third kappa shape index (κ3) is 2.78. The van der Waals surface area contributed by atoms with Crippen molar-refractivity contribution in [3.63, 3.8) is 0 Å². The summed E-state index contributed by atoms with van der Waals surface area (Å²) in [6.45, 7) is 0.409. The number of nitrogens with two attached hydrogens (primary N) is 1. The maximum Gasteiger partial charge on any atom is 0.233 e. The van der Waals surface area contributed by atoms with E-state index in [-0.39, 0.29) is 5.91 Å². The first-order valence-corrected chi connectivity index (χ1v) is 7.01. The summed E-state index contributed by atoms with van der Waals surface area (Å²) >= 11 is 5.14. The number of hydrogen-bond acceptors (Lipinski definition) is 3. The lowest BCUT2D eigenvalue weighted by molar-refractivity contribution is -0.129. The fourth-order valence-corrected chi connectivity index (χ4v) is 2.93. The van der Waals surface area contributed by atoms with E-state index in [1.807, 2.05) is 17.8 Å². The van der Waals surface area contributed by atoms with E-state index in [0.29, 0.717) is 11.5 Å². The van der Waals surface area contributed by atoms with Crippen LogP contribution >= 0.6 is 12.2 Å². The molecule has 5 nitrogen and oxygen atoms in total. The van der Waals surface area contributed by atoms with E-state index < -0.39 is 5.41 Å². The van der Waals surface area contributed by atoms with Gasteiger partial charge in [0.15, 0.2) is 0 Å². The van der Waals surface area contributed by atoms with Crippen molar-refractivity contribution in [2.75, 3.05) is 0 Å². The molecule has 1 saturated carbocycles. The normalized spacial score (nSPS) is 17.9. The van der Waals surface area contributed by atoms with Crippen molar-refractivity contribution in [1.29, 1.82) is 0 Å². The largest absolute Gasteiger partial charge is 0.392 e. The van der Waals surface area contributed by atoms with Crippen LogP contribution in [-0.4, -0.2) is 20.4 Å². The van der Waals surface area contributed by atoms with Gasteiger partial charge in [0.1, 0.15) is 5.82 Å². The number of imidazole rings is 1. The van der Waals surface area contributed by atoms with Gasteiger partial charge in [0.05, 0.1) is 16.9 Å². The Labute approximate surface area is 118 Å². The number of aryl methyl sites for hydroxylation is 1. The van der Waals surface area contributed by atoms with Gasteiger partial charge in [-0.25, -0.2) is 4.98 Å². The molecule has 1 aromatic heterocycles. The topological polar surface area (TPSA) is 72.9 Å². The van der Waals surface area contributed by atoms with Crippen molar-refractivity contribution in [2.45, 2.75) is 38.6 Å². The summed E-state index contributed by atoms with van der Waals surface area (Å²) in [5.74, 6) is 0.768. The number of carbonyl (C=O) groups excluding carboxylic acids is 1. The van der Waals surface area contributed by atoms with E-state index in [9.17, 15) is 4.79 Å². The summed E-state index contributed by atoms with van der Waals surface area (Å²) in [4.78, 5) is 17.0. The lowest BCUT2D eigenvalue weighted by Gasteiger charge is -2.34. The van der Waals surface area contributed by atoms with Crippen LogP contribution in [0.15, 0.2) is 12.4 Å². The Bertz CT molecular complexity index is 477. The Hall–Kier alpha value is -1.43. The number of amides is 1. The average molecular weight is 280 g/mol. The van der Waals surface area contributed by atoms with Gasteiger partial charge >= 0.3 is 0 Å². The molecule has 1 aromatic rings. The fourth-order valence-electron chi connectivity index (χ4n) is 2.64. The van der Waals surface area contributed by atoms with Crippen molar-refractivity contribution in [3.8, 4) is 0 Å². The number of nitrogens with one attached hydrogen (secondary N) is 1. The molecule has 19 heavy (non-hydrogen) atoms. The molecule has 1 aliphatic carbocycles. The second-order valence-electron chi connectivity index (χ2n) is 5.14.